The molecule has 4 nitrogen and oxygen atoms in total. The van der Waals surface area contributed by atoms with Crippen LogP contribution in [0.4, 0.5) is 0 Å². The highest BCUT2D eigenvalue weighted by Crippen LogP contribution is 2.27. The van der Waals surface area contributed by atoms with Gasteiger partial charge >= 0.3 is 0 Å². The first-order chi connectivity index (χ1) is 7.57. The van der Waals surface area contributed by atoms with Crippen LogP contribution in [0.15, 0.2) is 0 Å². The first kappa shape index (κ1) is 16.7. The van der Waals surface area contributed by atoms with E-state index >= 15 is 0 Å². The van der Waals surface area contributed by atoms with Crippen molar-refractivity contribution in [2.24, 2.45) is 11.7 Å². The zero-order chi connectivity index (χ0) is 12.1. The molecule has 0 aliphatic heterocycles. The molecule has 17 heavy (non-hydrogen) atoms. The number of halogens is 1. The van der Waals surface area contributed by atoms with Crippen molar-refractivity contribution in [3.63, 3.8) is 0 Å². The second-order valence-electron chi connectivity index (χ2n) is 4.84. The van der Waals surface area contributed by atoms with Crippen molar-refractivity contribution in [3.8, 4) is 0 Å². The summed E-state index contributed by atoms with van der Waals surface area (Å²) in [7, 11) is 3.43. The number of nitrogens with two attached hydrogens (primary N) is 1. The molecular weight excluding hydrogens is 240 g/mol. The van der Waals surface area contributed by atoms with E-state index in [2.05, 4.69) is 6.92 Å². The molecule has 102 valence electrons. The number of nitrogens with zero attached hydrogens (tertiary/aromatic N) is 1. The molecule has 1 saturated carbocycles. The zero-order valence-electron chi connectivity index (χ0n) is 11.0. The summed E-state index contributed by atoms with van der Waals surface area (Å²) in [5, 5.41) is 0. The van der Waals surface area contributed by atoms with E-state index in [1.54, 1.807) is 7.11 Å². The van der Waals surface area contributed by atoms with Crippen LogP contribution in [0.1, 0.15) is 32.6 Å². The Hall–Kier alpha value is -0.320. The Kier molecular flexibility index (Phi) is 7.75. The Balaban J connectivity index is 0.00000256. The van der Waals surface area contributed by atoms with E-state index in [1.165, 1.54) is 19.3 Å². The Morgan fingerprint density at radius 2 is 2.06 bits per heavy atom. The Labute approximate surface area is 110 Å². The van der Waals surface area contributed by atoms with Gasteiger partial charge in [-0.2, -0.15) is 0 Å². The number of hydrogen-bond donors (Lipinski definition) is 1. The lowest BCUT2D eigenvalue weighted by Crippen LogP contribution is -2.50. The van der Waals surface area contributed by atoms with Crippen LogP contribution in [0.2, 0.25) is 0 Å². The van der Waals surface area contributed by atoms with Crippen molar-refractivity contribution in [3.05, 3.63) is 0 Å². The average Bonchev–Trinajstić information content (AvgIpc) is 2.28. The zero-order valence-corrected chi connectivity index (χ0v) is 11.8. The topological polar surface area (TPSA) is 55.6 Å². The molecule has 0 bridgehead atoms. The molecule has 3 unspecified atom stereocenters. The SMILES string of the molecule is COCC(N)C(=O)N(C)C1CCCCC1C.Cl. The fourth-order valence-electron chi connectivity index (χ4n) is 2.55. The van der Waals surface area contributed by atoms with Gasteiger partial charge in [0.2, 0.25) is 5.91 Å². The number of carbonyl (C=O) groups is 1. The van der Waals surface area contributed by atoms with Gasteiger partial charge in [0.15, 0.2) is 0 Å². The Bertz CT molecular complexity index is 239. The fourth-order valence-corrected chi connectivity index (χ4v) is 2.55. The minimum atomic E-state index is -0.524. The highest BCUT2D eigenvalue weighted by molar-refractivity contribution is 5.85. The third kappa shape index (κ3) is 4.45. The van der Waals surface area contributed by atoms with Crippen molar-refractivity contribution >= 4 is 18.3 Å². The van der Waals surface area contributed by atoms with Crippen LogP contribution in [-0.2, 0) is 9.53 Å². The molecule has 0 heterocycles. The molecule has 0 radical (unpaired) electrons. The molecule has 0 aromatic carbocycles. The monoisotopic (exact) mass is 264 g/mol. The van der Waals surface area contributed by atoms with Gasteiger partial charge in [-0.1, -0.05) is 19.8 Å². The third-order valence-corrected chi connectivity index (χ3v) is 3.57. The summed E-state index contributed by atoms with van der Waals surface area (Å²) in [4.78, 5) is 13.8. The van der Waals surface area contributed by atoms with E-state index in [-0.39, 0.29) is 18.3 Å². The number of rotatable bonds is 4. The molecule has 1 rings (SSSR count). The van der Waals surface area contributed by atoms with E-state index in [9.17, 15) is 4.79 Å². The summed E-state index contributed by atoms with van der Waals surface area (Å²) in [6.07, 6.45) is 4.81. The smallest absolute Gasteiger partial charge is 0.241 e. The molecule has 0 saturated heterocycles. The van der Waals surface area contributed by atoms with Crippen LogP contribution in [0.25, 0.3) is 0 Å². The summed E-state index contributed by atoms with van der Waals surface area (Å²) in [5.74, 6) is 0.582. The second kappa shape index (κ2) is 7.90. The standard InChI is InChI=1S/C12H24N2O2.ClH/c1-9-6-4-5-7-11(9)14(2)12(15)10(13)8-16-3;/h9-11H,4-8,13H2,1-3H3;1H. The van der Waals surface area contributed by atoms with Crippen molar-refractivity contribution in [2.45, 2.75) is 44.7 Å². The molecular formula is C12H25ClN2O2. The van der Waals surface area contributed by atoms with Crippen molar-refractivity contribution in [1.29, 1.82) is 0 Å². The number of likely N-dealkylation sites (N-methyl/N-ethyl adjacent to an activating group) is 1. The summed E-state index contributed by atoms with van der Waals surface area (Å²) < 4.78 is 4.92. The predicted octanol–water partition coefficient (Wildman–Crippen LogP) is 1.42. The largest absolute Gasteiger partial charge is 0.383 e. The van der Waals surface area contributed by atoms with Gasteiger partial charge in [-0.25, -0.2) is 0 Å². The van der Waals surface area contributed by atoms with Gasteiger partial charge in [0, 0.05) is 20.2 Å². The van der Waals surface area contributed by atoms with E-state index in [0.717, 1.165) is 6.42 Å². The van der Waals surface area contributed by atoms with Gasteiger partial charge in [-0.15, -0.1) is 12.4 Å². The molecule has 0 aromatic rings. The van der Waals surface area contributed by atoms with E-state index < -0.39 is 6.04 Å². The minimum Gasteiger partial charge on any atom is -0.383 e. The normalized spacial score (nSPS) is 25.9. The van der Waals surface area contributed by atoms with Crippen LogP contribution < -0.4 is 5.73 Å². The summed E-state index contributed by atoms with van der Waals surface area (Å²) in [5.41, 5.74) is 5.76. The highest BCUT2D eigenvalue weighted by Gasteiger charge is 2.29. The van der Waals surface area contributed by atoms with Crippen molar-refractivity contribution < 1.29 is 9.53 Å². The average molecular weight is 265 g/mol. The maximum atomic E-state index is 12.0. The maximum Gasteiger partial charge on any atom is 0.241 e. The summed E-state index contributed by atoms with van der Waals surface area (Å²) in [6.45, 7) is 2.51. The first-order valence-electron chi connectivity index (χ1n) is 6.09. The van der Waals surface area contributed by atoms with Crippen molar-refractivity contribution in [2.75, 3.05) is 20.8 Å². The van der Waals surface area contributed by atoms with E-state index in [0.29, 0.717) is 18.6 Å². The molecule has 1 fully saturated rings. The van der Waals surface area contributed by atoms with Gasteiger partial charge in [0.25, 0.3) is 0 Å². The van der Waals surface area contributed by atoms with Gasteiger partial charge < -0.3 is 15.4 Å². The second-order valence-corrected chi connectivity index (χ2v) is 4.84. The first-order valence-corrected chi connectivity index (χ1v) is 6.09. The number of ether oxygens (including phenoxy) is 1. The number of amides is 1. The van der Waals surface area contributed by atoms with Crippen LogP contribution in [0.5, 0.6) is 0 Å². The summed E-state index contributed by atoms with van der Waals surface area (Å²) in [6, 6.07) is -0.173. The minimum absolute atomic E-state index is 0. The number of hydrogen-bond acceptors (Lipinski definition) is 3. The highest BCUT2D eigenvalue weighted by atomic mass is 35.5. The maximum absolute atomic E-state index is 12.0. The molecule has 5 heteroatoms. The van der Waals surface area contributed by atoms with Gasteiger partial charge in [0.05, 0.1) is 6.61 Å². The molecule has 2 N–H and O–H groups in total. The number of methoxy groups -OCH3 is 1. The fraction of sp³-hybridized carbons (Fsp3) is 0.917. The van der Waals surface area contributed by atoms with Crippen molar-refractivity contribution in [1.82, 2.24) is 4.90 Å². The molecule has 1 amide bonds. The lowest BCUT2D eigenvalue weighted by Gasteiger charge is -2.37. The van der Waals surface area contributed by atoms with Crippen LogP contribution >= 0.6 is 12.4 Å². The summed E-state index contributed by atoms with van der Waals surface area (Å²) >= 11 is 0. The molecule has 0 aromatic heterocycles. The van der Waals surface area contributed by atoms with Gasteiger partial charge in [0.1, 0.15) is 6.04 Å². The van der Waals surface area contributed by atoms with E-state index in [1.807, 2.05) is 11.9 Å². The quantitative estimate of drug-likeness (QED) is 0.836. The van der Waals surface area contributed by atoms with Gasteiger partial charge in [-0.05, 0) is 18.8 Å². The van der Waals surface area contributed by atoms with Crippen LogP contribution in [-0.4, -0.2) is 43.7 Å². The number of carbonyl (C=O) groups excluding carboxylic acids is 1. The molecule has 1 aliphatic rings. The Morgan fingerprint density at radius 3 is 2.59 bits per heavy atom. The third-order valence-electron chi connectivity index (χ3n) is 3.57. The molecule has 3 atom stereocenters. The predicted molar refractivity (Wildman–Crippen MR) is 71.3 cm³/mol. The van der Waals surface area contributed by atoms with Crippen LogP contribution in [0, 0.1) is 5.92 Å². The molecule has 0 spiro atoms. The van der Waals surface area contributed by atoms with E-state index in [4.69, 9.17) is 10.5 Å². The lowest BCUT2D eigenvalue weighted by atomic mass is 9.85. The molecule has 1 aliphatic carbocycles. The lowest BCUT2D eigenvalue weighted by molar-refractivity contribution is -0.136. The van der Waals surface area contributed by atoms with Crippen LogP contribution in [0.3, 0.4) is 0 Å². The van der Waals surface area contributed by atoms with Gasteiger partial charge in [-0.3, -0.25) is 4.79 Å². The Morgan fingerprint density at radius 1 is 1.47 bits per heavy atom.